The molecule has 0 aromatic heterocycles. The number of hydrogen-bond donors (Lipinski definition) is 1. The van der Waals surface area contributed by atoms with Crippen molar-refractivity contribution in [1.29, 1.82) is 0 Å². The Kier molecular flexibility index (Phi) is 6.68. The van der Waals surface area contributed by atoms with Gasteiger partial charge in [-0.15, -0.1) is 0 Å². The van der Waals surface area contributed by atoms with E-state index in [-0.39, 0.29) is 6.10 Å². The first-order chi connectivity index (χ1) is 8.13. The number of aliphatic hydroxyl groups is 1. The van der Waals surface area contributed by atoms with Crippen molar-refractivity contribution in [2.45, 2.75) is 56.6 Å². The van der Waals surface area contributed by atoms with E-state index in [2.05, 4.69) is 45.0 Å². The second-order valence-electron chi connectivity index (χ2n) is 4.77. The maximum absolute atomic E-state index is 10.2. The van der Waals surface area contributed by atoms with Gasteiger partial charge in [0, 0.05) is 5.25 Å². The second kappa shape index (κ2) is 7.78. The van der Waals surface area contributed by atoms with Gasteiger partial charge in [-0.2, -0.15) is 11.8 Å². The molecule has 1 aromatic rings. The van der Waals surface area contributed by atoms with E-state index in [1.165, 1.54) is 5.56 Å². The average molecular weight is 252 g/mol. The third kappa shape index (κ3) is 5.60. The highest BCUT2D eigenvalue weighted by Crippen LogP contribution is 2.26. The highest BCUT2D eigenvalue weighted by atomic mass is 32.2. The number of hydrogen-bond acceptors (Lipinski definition) is 2. The Bertz CT molecular complexity index is 297. The third-order valence-electron chi connectivity index (χ3n) is 2.74. The number of thioether (sulfide) groups is 1. The van der Waals surface area contributed by atoms with E-state index in [1.54, 1.807) is 0 Å². The van der Waals surface area contributed by atoms with Crippen LogP contribution in [0.4, 0.5) is 0 Å². The Morgan fingerprint density at radius 1 is 1.18 bits per heavy atom. The van der Waals surface area contributed by atoms with E-state index in [9.17, 15) is 5.11 Å². The van der Waals surface area contributed by atoms with Gasteiger partial charge in [0.2, 0.25) is 0 Å². The second-order valence-corrected chi connectivity index (χ2v) is 6.59. The summed E-state index contributed by atoms with van der Waals surface area (Å²) in [5.41, 5.74) is 1.32. The van der Waals surface area contributed by atoms with E-state index >= 15 is 0 Å². The summed E-state index contributed by atoms with van der Waals surface area (Å²) in [4.78, 5) is 0. The molecule has 1 N–H and O–H groups in total. The first-order valence-electron chi connectivity index (χ1n) is 6.51. The summed E-state index contributed by atoms with van der Waals surface area (Å²) in [6.07, 6.45) is 2.72. The largest absolute Gasteiger partial charge is 0.392 e. The van der Waals surface area contributed by atoms with Crippen LogP contribution in [0, 0.1) is 0 Å². The molecule has 0 fully saturated rings. The molecule has 2 heteroatoms. The first kappa shape index (κ1) is 14.6. The maximum atomic E-state index is 10.2. The van der Waals surface area contributed by atoms with Gasteiger partial charge < -0.3 is 5.11 Å². The van der Waals surface area contributed by atoms with Crippen LogP contribution in [0.25, 0.3) is 0 Å². The van der Waals surface area contributed by atoms with Crippen LogP contribution >= 0.6 is 11.8 Å². The topological polar surface area (TPSA) is 20.2 Å². The molecule has 0 heterocycles. The zero-order chi connectivity index (χ0) is 12.7. The number of benzene rings is 1. The van der Waals surface area contributed by atoms with Crippen molar-refractivity contribution in [2.75, 3.05) is 0 Å². The first-order valence-corrected chi connectivity index (χ1v) is 7.45. The van der Waals surface area contributed by atoms with Crippen LogP contribution in [0.3, 0.4) is 0 Å². The molecule has 0 radical (unpaired) electrons. The summed E-state index contributed by atoms with van der Waals surface area (Å²) in [6, 6.07) is 10.5. The van der Waals surface area contributed by atoms with Crippen molar-refractivity contribution in [1.82, 2.24) is 0 Å². The summed E-state index contributed by atoms with van der Waals surface area (Å²) >= 11 is 1.89. The molecule has 0 aliphatic heterocycles. The van der Waals surface area contributed by atoms with Crippen LogP contribution in [0.1, 0.15) is 39.2 Å². The van der Waals surface area contributed by atoms with Gasteiger partial charge in [0.25, 0.3) is 0 Å². The molecule has 1 aromatic carbocycles. The Morgan fingerprint density at radius 2 is 1.82 bits per heavy atom. The van der Waals surface area contributed by atoms with Gasteiger partial charge in [-0.25, -0.2) is 0 Å². The lowest BCUT2D eigenvalue weighted by Gasteiger charge is -2.24. The summed E-state index contributed by atoms with van der Waals surface area (Å²) in [7, 11) is 0. The summed E-state index contributed by atoms with van der Waals surface area (Å²) in [6.45, 7) is 6.52. The van der Waals surface area contributed by atoms with Crippen LogP contribution in [0.5, 0.6) is 0 Å². The molecule has 0 saturated heterocycles. The van der Waals surface area contributed by atoms with E-state index in [0.29, 0.717) is 10.5 Å². The van der Waals surface area contributed by atoms with E-state index < -0.39 is 0 Å². The molecule has 1 rings (SSSR count). The minimum absolute atomic E-state index is 0.187. The van der Waals surface area contributed by atoms with Gasteiger partial charge in [0.15, 0.2) is 0 Å². The summed E-state index contributed by atoms with van der Waals surface area (Å²) < 4.78 is 0. The van der Waals surface area contributed by atoms with E-state index in [1.807, 2.05) is 17.8 Å². The number of aliphatic hydroxyl groups excluding tert-OH is 1. The minimum atomic E-state index is -0.187. The van der Waals surface area contributed by atoms with Crippen molar-refractivity contribution in [3.8, 4) is 0 Å². The zero-order valence-electron chi connectivity index (χ0n) is 11.1. The molecule has 0 spiro atoms. The van der Waals surface area contributed by atoms with Crippen molar-refractivity contribution in [3.05, 3.63) is 35.9 Å². The molecule has 96 valence electrons. The molecule has 0 aliphatic rings. The van der Waals surface area contributed by atoms with Crippen LogP contribution in [-0.2, 0) is 6.42 Å². The lowest BCUT2D eigenvalue weighted by molar-refractivity contribution is 0.159. The van der Waals surface area contributed by atoms with E-state index in [0.717, 1.165) is 19.3 Å². The smallest absolute Gasteiger partial charge is 0.0662 e. The Labute approximate surface area is 110 Å². The lowest BCUT2D eigenvalue weighted by atomic mass is 10.0. The van der Waals surface area contributed by atoms with Crippen LogP contribution in [0.2, 0.25) is 0 Å². The molecule has 0 aliphatic carbocycles. The quantitative estimate of drug-likeness (QED) is 0.794. The SMILES string of the molecule is CCC[C@@H](O)[C@H](Cc1ccccc1)SC(C)C. The molecular formula is C15H24OS. The molecule has 2 atom stereocenters. The molecule has 0 bridgehead atoms. The maximum Gasteiger partial charge on any atom is 0.0662 e. The lowest BCUT2D eigenvalue weighted by Crippen LogP contribution is -2.26. The predicted octanol–water partition coefficient (Wildman–Crippen LogP) is 3.90. The van der Waals surface area contributed by atoms with Gasteiger partial charge in [-0.3, -0.25) is 0 Å². The molecule has 17 heavy (non-hydrogen) atoms. The highest BCUT2D eigenvalue weighted by Gasteiger charge is 2.20. The van der Waals surface area contributed by atoms with Crippen LogP contribution in [0.15, 0.2) is 30.3 Å². The molecule has 0 unspecified atom stereocenters. The summed E-state index contributed by atoms with van der Waals surface area (Å²) in [5.74, 6) is 0. The van der Waals surface area contributed by atoms with E-state index in [4.69, 9.17) is 0 Å². The standard InChI is InChI=1S/C15H24OS/c1-4-8-14(16)15(17-12(2)3)11-13-9-6-5-7-10-13/h5-7,9-10,12,14-16H,4,8,11H2,1-3H3/t14-,15+/m1/s1. The van der Waals surface area contributed by atoms with Crippen LogP contribution < -0.4 is 0 Å². The Hall–Kier alpha value is -0.470. The van der Waals surface area contributed by atoms with Crippen molar-refractivity contribution in [3.63, 3.8) is 0 Å². The normalized spacial score (nSPS) is 14.9. The van der Waals surface area contributed by atoms with Gasteiger partial charge in [0.05, 0.1) is 6.10 Å². The van der Waals surface area contributed by atoms with Gasteiger partial charge >= 0.3 is 0 Å². The fraction of sp³-hybridized carbons (Fsp3) is 0.600. The fourth-order valence-corrected chi connectivity index (χ4v) is 3.26. The summed E-state index contributed by atoms with van der Waals surface area (Å²) in [5, 5.41) is 11.1. The van der Waals surface area contributed by atoms with Crippen molar-refractivity contribution < 1.29 is 5.11 Å². The van der Waals surface area contributed by atoms with Gasteiger partial charge in [-0.05, 0) is 23.7 Å². The fourth-order valence-electron chi connectivity index (χ4n) is 1.95. The van der Waals surface area contributed by atoms with Crippen LogP contribution in [-0.4, -0.2) is 21.7 Å². The molecular weight excluding hydrogens is 228 g/mol. The Morgan fingerprint density at radius 3 is 2.35 bits per heavy atom. The van der Waals surface area contributed by atoms with Crippen molar-refractivity contribution in [2.24, 2.45) is 0 Å². The monoisotopic (exact) mass is 252 g/mol. The molecule has 0 amide bonds. The zero-order valence-corrected chi connectivity index (χ0v) is 11.9. The van der Waals surface area contributed by atoms with Crippen molar-refractivity contribution >= 4 is 11.8 Å². The highest BCUT2D eigenvalue weighted by molar-refractivity contribution is 8.00. The molecule has 1 nitrogen and oxygen atoms in total. The van der Waals surface area contributed by atoms with Gasteiger partial charge in [-0.1, -0.05) is 57.5 Å². The minimum Gasteiger partial charge on any atom is -0.392 e. The average Bonchev–Trinajstić information content (AvgIpc) is 2.29. The third-order valence-corrected chi connectivity index (χ3v) is 4.12. The predicted molar refractivity (Wildman–Crippen MR) is 77.6 cm³/mol. The molecule has 0 saturated carbocycles. The van der Waals surface area contributed by atoms with Gasteiger partial charge in [0.1, 0.15) is 0 Å². The Balaban J connectivity index is 2.63. The number of rotatable bonds is 7.